The second-order valence-corrected chi connectivity index (χ2v) is 4.95. The summed E-state index contributed by atoms with van der Waals surface area (Å²) in [6.07, 6.45) is 1.35. The summed E-state index contributed by atoms with van der Waals surface area (Å²) in [4.78, 5) is 6.71. The Hall–Kier alpha value is -1.09. The fourth-order valence-corrected chi connectivity index (χ4v) is 2.30. The molecule has 88 valence electrons. The smallest absolute Gasteiger partial charge is 0.134 e. The third kappa shape index (κ3) is 2.05. The normalized spacial score (nSPS) is 27.1. The maximum Gasteiger partial charge on any atom is 0.134 e. The number of pyridine rings is 1. The van der Waals surface area contributed by atoms with Gasteiger partial charge >= 0.3 is 0 Å². The van der Waals surface area contributed by atoms with Crippen molar-refractivity contribution in [2.75, 3.05) is 18.0 Å². The van der Waals surface area contributed by atoms with Gasteiger partial charge in [-0.2, -0.15) is 0 Å². The van der Waals surface area contributed by atoms with Crippen molar-refractivity contribution >= 4 is 5.82 Å². The van der Waals surface area contributed by atoms with Crippen LogP contribution in [-0.2, 0) is 0 Å². The highest BCUT2D eigenvalue weighted by Gasteiger charge is 2.28. The fourth-order valence-electron chi connectivity index (χ4n) is 2.30. The van der Waals surface area contributed by atoms with Gasteiger partial charge in [0.1, 0.15) is 5.82 Å². The molecule has 0 spiro atoms. The van der Waals surface area contributed by atoms with Crippen LogP contribution < -0.4 is 4.90 Å². The number of rotatable bonds is 2. The Bertz CT molecular complexity index is 355. The van der Waals surface area contributed by atoms with Gasteiger partial charge < -0.3 is 10.0 Å². The van der Waals surface area contributed by atoms with Gasteiger partial charge in [0.25, 0.3) is 0 Å². The Morgan fingerprint density at radius 1 is 1.38 bits per heavy atom. The molecule has 0 saturated carbocycles. The Morgan fingerprint density at radius 3 is 2.56 bits per heavy atom. The summed E-state index contributed by atoms with van der Waals surface area (Å²) in [7, 11) is 0. The van der Waals surface area contributed by atoms with E-state index < -0.39 is 6.10 Å². The van der Waals surface area contributed by atoms with Gasteiger partial charge in [-0.1, -0.05) is 19.9 Å². The van der Waals surface area contributed by atoms with Crippen molar-refractivity contribution in [3.8, 4) is 0 Å². The molecule has 0 radical (unpaired) electrons. The van der Waals surface area contributed by atoms with Crippen molar-refractivity contribution in [3.63, 3.8) is 0 Å². The first kappa shape index (κ1) is 11.4. The van der Waals surface area contributed by atoms with Crippen LogP contribution in [0.4, 0.5) is 5.82 Å². The van der Waals surface area contributed by atoms with Gasteiger partial charge in [0.15, 0.2) is 0 Å². The molecule has 0 bridgehead atoms. The molecule has 3 heteroatoms. The number of aliphatic hydroxyl groups is 1. The highest BCUT2D eigenvalue weighted by atomic mass is 16.3. The number of hydrogen-bond acceptors (Lipinski definition) is 3. The maximum absolute atomic E-state index is 9.73. The third-order valence-electron chi connectivity index (χ3n) is 3.55. The first-order valence-electron chi connectivity index (χ1n) is 5.97. The van der Waals surface area contributed by atoms with Crippen molar-refractivity contribution in [1.29, 1.82) is 0 Å². The molecule has 1 fully saturated rings. The van der Waals surface area contributed by atoms with E-state index in [1.165, 1.54) is 0 Å². The minimum atomic E-state index is -0.449. The second kappa shape index (κ2) is 4.42. The number of hydrogen-bond donors (Lipinski definition) is 1. The Kier molecular flexibility index (Phi) is 3.15. The number of aliphatic hydroxyl groups excluding tert-OH is 1. The molecule has 1 aliphatic heterocycles. The van der Waals surface area contributed by atoms with E-state index in [9.17, 15) is 5.11 Å². The predicted octanol–water partition coefficient (Wildman–Crippen LogP) is 2.23. The van der Waals surface area contributed by atoms with Crippen molar-refractivity contribution in [3.05, 3.63) is 23.9 Å². The van der Waals surface area contributed by atoms with Crippen LogP contribution >= 0.6 is 0 Å². The van der Waals surface area contributed by atoms with Crippen LogP contribution in [0.25, 0.3) is 0 Å². The second-order valence-electron chi connectivity index (χ2n) is 4.95. The standard InChI is InChI=1S/C13H20N2O/c1-9-7-15(8-10(9)2)13-12(11(3)16)5-4-6-14-13/h4-6,9-11,16H,7-8H2,1-3H3. The van der Waals surface area contributed by atoms with E-state index in [-0.39, 0.29) is 0 Å². The van der Waals surface area contributed by atoms with Crippen LogP contribution in [-0.4, -0.2) is 23.2 Å². The Morgan fingerprint density at radius 2 is 2.00 bits per heavy atom. The van der Waals surface area contributed by atoms with Crippen molar-refractivity contribution in [2.45, 2.75) is 26.9 Å². The molecular weight excluding hydrogens is 200 g/mol. The summed E-state index contributed by atoms with van der Waals surface area (Å²) in [5.74, 6) is 2.35. The quantitative estimate of drug-likeness (QED) is 0.830. The minimum absolute atomic E-state index is 0.449. The SMILES string of the molecule is CC(O)c1cccnc1N1CC(C)C(C)C1. The zero-order chi connectivity index (χ0) is 11.7. The zero-order valence-corrected chi connectivity index (χ0v) is 10.2. The van der Waals surface area contributed by atoms with Gasteiger partial charge in [0.2, 0.25) is 0 Å². The topological polar surface area (TPSA) is 36.4 Å². The monoisotopic (exact) mass is 220 g/mol. The van der Waals surface area contributed by atoms with Crippen LogP contribution in [0.5, 0.6) is 0 Å². The van der Waals surface area contributed by atoms with Crippen molar-refractivity contribution < 1.29 is 5.11 Å². The molecule has 0 aliphatic carbocycles. The average Bonchev–Trinajstić information content (AvgIpc) is 2.59. The maximum atomic E-state index is 9.73. The zero-order valence-electron chi connectivity index (χ0n) is 10.2. The van der Waals surface area contributed by atoms with E-state index in [1.807, 2.05) is 12.1 Å². The van der Waals surface area contributed by atoms with Crippen LogP contribution in [0.3, 0.4) is 0 Å². The highest BCUT2D eigenvalue weighted by molar-refractivity contribution is 5.48. The van der Waals surface area contributed by atoms with Crippen molar-refractivity contribution in [2.24, 2.45) is 11.8 Å². The summed E-state index contributed by atoms with van der Waals surface area (Å²) >= 11 is 0. The van der Waals surface area contributed by atoms with Gasteiger partial charge in [0, 0.05) is 24.8 Å². The molecule has 2 rings (SSSR count). The molecular formula is C13H20N2O. The highest BCUT2D eigenvalue weighted by Crippen LogP contribution is 2.30. The molecule has 0 amide bonds. The first-order chi connectivity index (χ1) is 7.59. The molecule has 1 saturated heterocycles. The van der Waals surface area contributed by atoms with Gasteiger partial charge in [-0.25, -0.2) is 4.98 Å². The summed E-state index contributed by atoms with van der Waals surface area (Å²) in [6.45, 7) is 8.42. The molecule has 3 atom stereocenters. The molecule has 16 heavy (non-hydrogen) atoms. The fraction of sp³-hybridized carbons (Fsp3) is 0.615. The molecule has 1 aromatic heterocycles. The Balaban J connectivity index is 2.27. The minimum Gasteiger partial charge on any atom is -0.389 e. The third-order valence-corrected chi connectivity index (χ3v) is 3.55. The van der Waals surface area contributed by atoms with Crippen LogP contribution in [0, 0.1) is 11.8 Å². The molecule has 0 aromatic carbocycles. The molecule has 1 N–H and O–H groups in total. The first-order valence-corrected chi connectivity index (χ1v) is 5.97. The van der Waals surface area contributed by atoms with Crippen LogP contribution in [0.2, 0.25) is 0 Å². The van der Waals surface area contributed by atoms with Gasteiger partial charge in [-0.05, 0) is 24.8 Å². The summed E-state index contributed by atoms with van der Waals surface area (Å²) in [5.41, 5.74) is 0.934. The van der Waals surface area contributed by atoms with E-state index in [4.69, 9.17) is 0 Å². The van der Waals surface area contributed by atoms with E-state index in [1.54, 1.807) is 13.1 Å². The number of nitrogens with zero attached hydrogens (tertiary/aromatic N) is 2. The van der Waals surface area contributed by atoms with Crippen LogP contribution in [0.1, 0.15) is 32.4 Å². The largest absolute Gasteiger partial charge is 0.389 e. The van der Waals surface area contributed by atoms with Gasteiger partial charge in [0.05, 0.1) is 6.10 Å². The van der Waals surface area contributed by atoms with Gasteiger partial charge in [-0.3, -0.25) is 0 Å². The van der Waals surface area contributed by atoms with E-state index in [2.05, 4.69) is 23.7 Å². The predicted molar refractivity (Wildman–Crippen MR) is 65.4 cm³/mol. The lowest BCUT2D eigenvalue weighted by Crippen LogP contribution is -2.22. The molecule has 1 aliphatic rings. The average molecular weight is 220 g/mol. The van der Waals surface area contributed by atoms with E-state index in [0.717, 1.165) is 24.5 Å². The molecule has 2 heterocycles. The number of anilines is 1. The van der Waals surface area contributed by atoms with Crippen LogP contribution in [0.15, 0.2) is 18.3 Å². The van der Waals surface area contributed by atoms with E-state index in [0.29, 0.717) is 11.8 Å². The lowest BCUT2D eigenvalue weighted by molar-refractivity contribution is 0.199. The summed E-state index contributed by atoms with van der Waals surface area (Å²) in [6, 6.07) is 3.84. The van der Waals surface area contributed by atoms with E-state index >= 15 is 0 Å². The molecule has 1 aromatic rings. The lowest BCUT2D eigenvalue weighted by atomic mass is 10.0. The van der Waals surface area contributed by atoms with Crippen molar-refractivity contribution in [1.82, 2.24) is 4.98 Å². The lowest BCUT2D eigenvalue weighted by Gasteiger charge is -2.21. The molecule has 3 nitrogen and oxygen atoms in total. The Labute approximate surface area is 97.1 Å². The molecule has 3 unspecified atom stereocenters. The van der Waals surface area contributed by atoms with Gasteiger partial charge in [-0.15, -0.1) is 0 Å². The summed E-state index contributed by atoms with van der Waals surface area (Å²) < 4.78 is 0. The number of aromatic nitrogens is 1. The summed E-state index contributed by atoms with van der Waals surface area (Å²) in [5, 5.41) is 9.73.